The van der Waals surface area contributed by atoms with Gasteiger partial charge in [0.1, 0.15) is 10.8 Å². The first-order chi connectivity index (χ1) is 6.91. The molecule has 0 bridgehead atoms. The molecule has 15 heavy (non-hydrogen) atoms. The smallest absolute Gasteiger partial charge is 0.135 e. The molecule has 5 heteroatoms. The van der Waals surface area contributed by atoms with Crippen molar-refractivity contribution < 1.29 is 0 Å². The number of nitrogens with one attached hydrogen (secondary N) is 1. The summed E-state index contributed by atoms with van der Waals surface area (Å²) in [5.41, 5.74) is 6.49. The maximum atomic E-state index is 7.50. The molecular weight excluding hydrogens is 208 g/mol. The van der Waals surface area contributed by atoms with Gasteiger partial charge in [0.2, 0.25) is 0 Å². The van der Waals surface area contributed by atoms with Crippen LogP contribution in [0.5, 0.6) is 0 Å². The molecule has 0 aliphatic heterocycles. The normalized spacial score (nSPS) is 11.3. The van der Waals surface area contributed by atoms with Crippen LogP contribution < -0.4 is 5.73 Å². The van der Waals surface area contributed by atoms with Crippen LogP contribution in [0, 0.1) is 5.41 Å². The van der Waals surface area contributed by atoms with E-state index in [4.69, 9.17) is 11.1 Å². The van der Waals surface area contributed by atoms with Gasteiger partial charge in [-0.2, -0.15) is 0 Å². The second kappa shape index (κ2) is 4.72. The number of rotatable bonds is 4. The molecule has 0 saturated heterocycles. The molecule has 0 fully saturated rings. The van der Waals surface area contributed by atoms with E-state index in [9.17, 15) is 0 Å². The third kappa shape index (κ3) is 3.00. The Kier molecular flexibility index (Phi) is 3.82. The summed E-state index contributed by atoms with van der Waals surface area (Å²) < 4.78 is 0. The lowest BCUT2D eigenvalue weighted by Crippen LogP contribution is -2.12. The van der Waals surface area contributed by atoms with E-state index in [-0.39, 0.29) is 5.84 Å². The average Bonchev–Trinajstić information content (AvgIpc) is 2.46. The van der Waals surface area contributed by atoms with E-state index in [1.54, 1.807) is 0 Å². The standard InChI is InChI=1S/C10H18N4S/c1-6(2)8-9(10(11)12)15-7(13-8)5-14(3)4/h6H,5H2,1-4H3,(H3,11,12). The first kappa shape index (κ1) is 12.1. The van der Waals surface area contributed by atoms with E-state index in [2.05, 4.69) is 23.7 Å². The molecule has 0 unspecified atom stereocenters. The molecule has 1 aromatic heterocycles. The fourth-order valence-corrected chi connectivity index (χ4v) is 2.50. The topological polar surface area (TPSA) is 66.0 Å². The molecule has 0 aromatic carbocycles. The minimum absolute atomic E-state index is 0.126. The van der Waals surface area contributed by atoms with Crippen LogP contribution >= 0.6 is 11.3 Å². The van der Waals surface area contributed by atoms with Crippen molar-refractivity contribution in [3.8, 4) is 0 Å². The van der Waals surface area contributed by atoms with E-state index in [1.165, 1.54) is 11.3 Å². The van der Waals surface area contributed by atoms with Crippen molar-refractivity contribution in [1.82, 2.24) is 9.88 Å². The lowest BCUT2D eigenvalue weighted by molar-refractivity contribution is 0.401. The second-order valence-corrected chi connectivity index (χ2v) is 5.21. The molecule has 0 aliphatic rings. The zero-order chi connectivity index (χ0) is 11.6. The molecule has 3 N–H and O–H groups in total. The lowest BCUT2D eigenvalue weighted by atomic mass is 10.1. The number of nitrogens with two attached hydrogens (primary N) is 1. The molecule has 0 saturated carbocycles. The van der Waals surface area contributed by atoms with Gasteiger partial charge < -0.3 is 10.6 Å². The van der Waals surface area contributed by atoms with Crippen LogP contribution in [0.25, 0.3) is 0 Å². The number of nitrogens with zero attached hydrogens (tertiary/aromatic N) is 2. The maximum absolute atomic E-state index is 7.50. The van der Waals surface area contributed by atoms with Crippen LogP contribution in [0.1, 0.15) is 35.3 Å². The fourth-order valence-electron chi connectivity index (χ4n) is 1.30. The van der Waals surface area contributed by atoms with Crippen molar-refractivity contribution in [2.75, 3.05) is 14.1 Å². The fraction of sp³-hybridized carbons (Fsp3) is 0.600. The number of hydrogen-bond donors (Lipinski definition) is 2. The van der Waals surface area contributed by atoms with Gasteiger partial charge in [0.25, 0.3) is 0 Å². The Bertz CT molecular complexity index is 354. The summed E-state index contributed by atoms with van der Waals surface area (Å²) in [5.74, 6) is 0.442. The Morgan fingerprint density at radius 3 is 2.47 bits per heavy atom. The Hall–Kier alpha value is -0.940. The minimum Gasteiger partial charge on any atom is -0.383 e. The van der Waals surface area contributed by atoms with E-state index in [0.717, 1.165) is 22.1 Å². The molecule has 1 rings (SSSR count). The number of nitrogen functional groups attached to an aromatic ring is 1. The van der Waals surface area contributed by atoms with Gasteiger partial charge in [0.05, 0.1) is 10.6 Å². The molecule has 0 amide bonds. The third-order valence-electron chi connectivity index (χ3n) is 1.94. The number of amidine groups is 1. The summed E-state index contributed by atoms with van der Waals surface area (Å²) >= 11 is 1.52. The van der Waals surface area contributed by atoms with Crippen molar-refractivity contribution in [2.24, 2.45) is 5.73 Å². The van der Waals surface area contributed by atoms with E-state index >= 15 is 0 Å². The van der Waals surface area contributed by atoms with Crippen LogP contribution in [-0.4, -0.2) is 29.8 Å². The van der Waals surface area contributed by atoms with Crippen molar-refractivity contribution in [3.63, 3.8) is 0 Å². The Morgan fingerprint density at radius 2 is 2.13 bits per heavy atom. The zero-order valence-electron chi connectivity index (χ0n) is 9.66. The minimum atomic E-state index is 0.126. The highest BCUT2D eigenvalue weighted by Gasteiger charge is 2.16. The van der Waals surface area contributed by atoms with Gasteiger partial charge in [0, 0.05) is 6.54 Å². The van der Waals surface area contributed by atoms with Crippen molar-refractivity contribution >= 4 is 17.2 Å². The SMILES string of the molecule is CC(C)c1nc(CN(C)C)sc1C(=N)N. The highest BCUT2D eigenvalue weighted by Crippen LogP contribution is 2.25. The highest BCUT2D eigenvalue weighted by atomic mass is 32.1. The van der Waals surface area contributed by atoms with Gasteiger partial charge in [-0.15, -0.1) is 11.3 Å². The molecule has 1 heterocycles. The van der Waals surface area contributed by atoms with Gasteiger partial charge >= 0.3 is 0 Å². The molecule has 4 nitrogen and oxygen atoms in total. The van der Waals surface area contributed by atoms with Gasteiger partial charge in [-0.3, -0.25) is 5.41 Å². The van der Waals surface area contributed by atoms with Gasteiger partial charge in [-0.05, 0) is 20.0 Å². The second-order valence-electron chi connectivity index (χ2n) is 4.13. The summed E-state index contributed by atoms with van der Waals surface area (Å²) in [4.78, 5) is 7.41. The molecule has 1 aromatic rings. The molecule has 0 atom stereocenters. The van der Waals surface area contributed by atoms with Crippen molar-refractivity contribution in [1.29, 1.82) is 5.41 Å². The Morgan fingerprint density at radius 1 is 1.53 bits per heavy atom. The van der Waals surface area contributed by atoms with Gasteiger partial charge in [-0.25, -0.2) is 4.98 Å². The summed E-state index contributed by atoms with van der Waals surface area (Å²) in [7, 11) is 4.01. The lowest BCUT2D eigenvalue weighted by Gasteiger charge is -2.05. The molecule has 0 radical (unpaired) electrons. The predicted octanol–water partition coefficient (Wildman–Crippen LogP) is 1.61. The van der Waals surface area contributed by atoms with Crippen LogP contribution in [-0.2, 0) is 6.54 Å². The molecule has 0 aliphatic carbocycles. The van der Waals surface area contributed by atoms with Gasteiger partial charge in [0.15, 0.2) is 0 Å². The number of hydrogen-bond acceptors (Lipinski definition) is 4. The molecular formula is C10H18N4S. The number of aromatic nitrogens is 1. The quantitative estimate of drug-likeness (QED) is 0.605. The monoisotopic (exact) mass is 226 g/mol. The first-order valence-corrected chi connectivity index (χ1v) is 5.72. The summed E-state index contributed by atoms with van der Waals surface area (Å²) in [6.07, 6.45) is 0. The highest BCUT2D eigenvalue weighted by molar-refractivity contribution is 7.13. The van der Waals surface area contributed by atoms with E-state index in [0.29, 0.717) is 5.92 Å². The third-order valence-corrected chi connectivity index (χ3v) is 3.03. The van der Waals surface area contributed by atoms with Crippen LogP contribution in [0.3, 0.4) is 0 Å². The average molecular weight is 226 g/mol. The molecule has 84 valence electrons. The largest absolute Gasteiger partial charge is 0.383 e. The van der Waals surface area contributed by atoms with E-state index in [1.807, 2.05) is 14.1 Å². The predicted molar refractivity (Wildman–Crippen MR) is 64.6 cm³/mol. The summed E-state index contributed by atoms with van der Waals surface area (Å²) in [5, 5.41) is 8.52. The zero-order valence-corrected chi connectivity index (χ0v) is 10.5. The van der Waals surface area contributed by atoms with Gasteiger partial charge in [-0.1, -0.05) is 13.8 Å². The molecule has 0 spiro atoms. The van der Waals surface area contributed by atoms with E-state index < -0.39 is 0 Å². The summed E-state index contributed by atoms with van der Waals surface area (Å²) in [6.45, 7) is 4.94. The first-order valence-electron chi connectivity index (χ1n) is 4.90. The Labute approximate surface area is 94.6 Å². The summed E-state index contributed by atoms with van der Waals surface area (Å²) in [6, 6.07) is 0. The number of thiazole rings is 1. The maximum Gasteiger partial charge on any atom is 0.135 e. The van der Waals surface area contributed by atoms with Crippen LogP contribution in [0.2, 0.25) is 0 Å². The van der Waals surface area contributed by atoms with Crippen LogP contribution in [0.15, 0.2) is 0 Å². The van der Waals surface area contributed by atoms with Crippen LogP contribution in [0.4, 0.5) is 0 Å². The van der Waals surface area contributed by atoms with Crippen molar-refractivity contribution in [2.45, 2.75) is 26.3 Å². The Balaban J connectivity index is 3.04. The van der Waals surface area contributed by atoms with Crippen molar-refractivity contribution in [3.05, 3.63) is 15.6 Å².